The van der Waals surface area contributed by atoms with E-state index in [0.717, 1.165) is 31.7 Å². The van der Waals surface area contributed by atoms with Crippen molar-refractivity contribution >= 4 is 11.6 Å². The van der Waals surface area contributed by atoms with Gasteiger partial charge < -0.3 is 10.6 Å². The van der Waals surface area contributed by atoms with E-state index in [1.165, 1.54) is 0 Å². The summed E-state index contributed by atoms with van der Waals surface area (Å²) in [5.74, 6) is -1.06. The zero-order valence-electron chi connectivity index (χ0n) is 11.9. The molecule has 1 rings (SSSR count). The van der Waals surface area contributed by atoms with Crippen molar-refractivity contribution in [2.24, 2.45) is 0 Å². The highest BCUT2D eigenvalue weighted by atomic mass is 19.1. The van der Waals surface area contributed by atoms with Gasteiger partial charge in [-0.3, -0.25) is 0 Å². The largest absolute Gasteiger partial charge is 0.368 e. The molecule has 108 valence electrons. The lowest BCUT2D eigenvalue weighted by atomic mass is 10.1. The maximum atomic E-state index is 13.7. The summed E-state index contributed by atoms with van der Waals surface area (Å²) < 4.78 is 27.2. The molecule has 0 aliphatic rings. The van der Waals surface area contributed by atoms with Crippen molar-refractivity contribution in [2.45, 2.75) is 52.5 Å². The number of hydrogen-bond donors (Lipinski definition) is 2. The summed E-state index contributed by atoms with van der Waals surface area (Å²) in [4.78, 5) is 4.01. The standard InChI is InChI=1S/C14H23F2N3/c1-4-7-10(6-3)18-14-12(16)9-11(15)13(19-14)17-8-5-2/h9-10H,4-8H2,1-3H3,(H2,17,18,19). The Bertz CT molecular complexity index is 397. The minimum Gasteiger partial charge on any atom is -0.368 e. The third-order valence-corrected chi connectivity index (χ3v) is 2.94. The summed E-state index contributed by atoms with van der Waals surface area (Å²) >= 11 is 0. The molecule has 19 heavy (non-hydrogen) atoms. The van der Waals surface area contributed by atoms with Crippen LogP contribution in [0.15, 0.2) is 6.07 Å². The first-order valence-corrected chi connectivity index (χ1v) is 6.98. The Hall–Kier alpha value is -1.39. The molecule has 0 fully saturated rings. The monoisotopic (exact) mass is 271 g/mol. The average molecular weight is 271 g/mol. The Kier molecular flexibility index (Phi) is 6.53. The SMILES string of the molecule is CCCNc1nc(NC(CC)CCC)c(F)cc1F. The summed E-state index contributed by atoms with van der Waals surface area (Å²) in [5.41, 5.74) is 0. The van der Waals surface area contributed by atoms with Gasteiger partial charge in [-0.15, -0.1) is 0 Å². The third-order valence-electron chi connectivity index (χ3n) is 2.94. The highest BCUT2D eigenvalue weighted by Crippen LogP contribution is 2.21. The van der Waals surface area contributed by atoms with Crippen LogP contribution in [0.4, 0.5) is 20.4 Å². The number of rotatable bonds is 8. The molecule has 0 aliphatic carbocycles. The predicted molar refractivity (Wildman–Crippen MR) is 75.5 cm³/mol. The Morgan fingerprint density at radius 1 is 1.11 bits per heavy atom. The van der Waals surface area contributed by atoms with Gasteiger partial charge in [-0.25, -0.2) is 13.8 Å². The van der Waals surface area contributed by atoms with Crippen LogP contribution in [0.1, 0.15) is 46.5 Å². The van der Waals surface area contributed by atoms with Crippen molar-refractivity contribution in [2.75, 3.05) is 17.2 Å². The number of nitrogens with zero attached hydrogens (tertiary/aromatic N) is 1. The van der Waals surface area contributed by atoms with Crippen LogP contribution < -0.4 is 10.6 Å². The highest BCUT2D eigenvalue weighted by Gasteiger charge is 2.14. The van der Waals surface area contributed by atoms with E-state index in [1.807, 2.05) is 13.8 Å². The normalized spacial score (nSPS) is 12.3. The van der Waals surface area contributed by atoms with Gasteiger partial charge in [0, 0.05) is 18.7 Å². The van der Waals surface area contributed by atoms with Crippen LogP contribution in [0.5, 0.6) is 0 Å². The molecular formula is C14H23F2N3. The zero-order chi connectivity index (χ0) is 14.3. The molecule has 5 heteroatoms. The second-order valence-corrected chi connectivity index (χ2v) is 4.61. The summed E-state index contributed by atoms with van der Waals surface area (Å²) in [6.45, 7) is 6.70. The maximum absolute atomic E-state index is 13.7. The molecule has 2 N–H and O–H groups in total. The summed E-state index contributed by atoms with van der Waals surface area (Å²) in [7, 11) is 0. The van der Waals surface area contributed by atoms with Crippen LogP contribution in [-0.2, 0) is 0 Å². The lowest BCUT2D eigenvalue weighted by Crippen LogP contribution is -2.20. The fourth-order valence-electron chi connectivity index (χ4n) is 1.86. The van der Waals surface area contributed by atoms with Gasteiger partial charge in [0.2, 0.25) is 0 Å². The van der Waals surface area contributed by atoms with E-state index >= 15 is 0 Å². The molecule has 0 bridgehead atoms. The van der Waals surface area contributed by atoms with E-state index in [2.05, 4.69) is 22.5 Å². The van der Waals surface area contributed by atoms with Crippen LogP contribution in [0.2, 0.25) is 0 Å². The van der Waals surface area contributed by atoms with Crippen LogP contribution in [0.25, 0.3) is 0 Å². The Morgan fingerprint density at radius 2 is 1.79 bits per heavy atom. The fourth-order valence-corrected chi connectivity index (χ4v) is 1.86. The lowest BCUT2D eigenvalue weighted by molar-refractivity contribution is 0.566. The van der Waals surface area contributed by atoms with Crippen molar-refractivity contribution in [3.05, 3.63) is 17.7 Å². The third kappa shape index (κ3) is 4.65. The Balaban J connectivity index is 2.86. The smallest absolute Gasteiger partial charge is 0.168 e. The van der Waals surface area contributed by atoms with Gasteiger partial charge in [-0.05, 0) is 19.3 Å². The quantitative estimate of drug-likeness (QED) is 0.745. The molecule has 0 radical (unpaired) electrons. The van der Waals surface area contributed by atoms with Crippen molar-refractivity contribution < 1.29 is 8.78 Å². The lowest BCUT2D eigenvalue weighted by Gasteiger charge is -2.18. The molecule has 0 spiro atoms. The first kappa shape index (κ1) is 15.7. The Morgan fingerprint density at radius 3 is 2.37 bits per heavy atom. The van der Waals surface area contributed by atoms with Gasteiger partial charge in [-0.1, -0.05) is 27.2 Å². The maximum Gasteiger partial charge on any atom is 0.168 e. The summed E-state index contributed by atoms with van der Waals surface area (Å²) in [6, 6.07) is 1.04. The van der Waals surface area contributed by atoms with E-state index in [0.29, 0.717) is 6.54 Å². The topological polar surface area (TPSA) is 37.0 Å². The minimum atomic E-state index is -0.653. The van der Waals surface area contributed by atoms with Crippen molar-refractivity contribution in [1.29, 1.82) is 0 Å². The van der Waals surface area contributed by atoms with Crippen LogP contribution in [-0.4, -0.2) is 17.6 Å². The fraction of sp³-hybridized carbons (Fsp3) is 0.643. The molecular weight excluding hydrogens is 248 g/mol. The molecule has 0 saturated heterocycles. The first-order valence-electron chi connectivity index (χ1n) is 6.98. The summed E-state index contributed by atoms with van der Waals surface area (Å²) in [6.07, 6.45) is 3.68. The molecule has 0 aliphatic heterocycles. The van der Waals surface area contributed by atoms with Gasteiger partial charge in [0.05, 0.1) is 0 Å². The number of halogens is 2. The molecule has 1 aromatic rings. The number of nitrogens with one attached hydrogen (secondary N) is 2. The molecule has 3 nitrogen and oxygen atoms in total. The van der Waals surface area contributed by atoms with E-state index < -0.39 is 11.6 Å². The highest BCUT2D eigenvalue weighted by molar-refractivity contribution is 5.48. The van der Waals surface area contributed by atoms with Crippen molar-refractivity contribution in [3.63, 3.8) is 0 Å². The van der Waals surface area contributed by atoms with E-state index in [-0.39, 0.29) is 17.7 Å². The minimum absolute atomic E-state index is 0.108. The van der Waals surface area contributed by atoms with Crippen LogP contribution in [0, 0.1) is 11.6 Å². The number of hydrogen-bond acceptors (Lipinski definition) is 3. The van der Waals surface area contributed by atoms with Gasteiger partial charge in [-0.2, -0.15) is 0 Å². The van der Waals surface area contributed by atoms with Gasteiger partial charge >= 0.3 is 0 Å². The second-order valence-electron chi connectivity index (χ2n) is 4.61. The van der Waals surface area contributed by atoms with E-state index in [1.54, 1.807) is 0 Å². The van der Waals surface area contributed by atoms with Crippen LogP contribution in [0.3, 0.4) is 0 Å². The van der Waals surface area contributed by atoms with Gasteiger partial charge in [0.1, 0.15) is 0 Å². The van der Waals surface area contributed by atoms with Crippen molar-refractivity contribution in [3.8, 4) is 0 Å². The average Bonchev–Trinajstić information content (AvgIpc) is 2.39. The van der Waals surface area contributed by atoms with E-state index in [4.69, 9.17) is 0 Å². The molecule has 0 amide bonds. The molecule has 1 aromatic heterocycles. The summed E-state index contributed by atoms with van der Waals surface area (Å²) in [5, 5.41) is 5.91. The van der Waals surface area contributed by atoms with Gasteiger partial charge in [0.25, 0.3) is 0 Å². The molecule has 1 heterocycles. The van der Waals surface area contributed by atoms with Crippen molar-refractivity contribution in [1.82, 2.24) is 4.98 Å². The number of pyridine rings is 1. The number of aromatic nitrogens is 1. The van der Waals surface area contributed by atoms with E-state index in [9.17, 15) is 8.78 Å². The Labute approximate surface area is 113 Å². The molecule has 0 saturated carbocycles. The zero-order valence-corrected chi connectivity index (χ0v) is 11.9. The first-order chi connectivity index (χ1) is 9.12. The molecule has 1 unspecified atom stereocenters. The van der Waals surface area contributed by atoms with Crippen LogP contribution >= 0.6 is 0 Å². The second kappa shape index (κ2) is 7.92. The molecule has 1 atom stereocenters. The predicted octanol–water partition coefficient (Wildman–Crippen LogP) is 4.17. The van der Waals surface area contributed by atoms with Gasteiger partial charge in [0.15, 0.2) is 23.3 Å². The molecule has 0 aromatic carbocycles. The number of anilines is 2.